The van der Waals surface area contributed by atoms with Crippen LogP contribution in [0.25, 0.3) is 0 Å². The summed E-state index contributed by atoms with van der Waals surface area (Å²) >= 11 is 0. The highest BCUT2D eigenvalue weighted by Gasteiger charge is 2.44. The number of benzene rings is 1. The van der Waals surface area contributed by atoms with Gasteiger partial charge in [-0.25, -0.2) is 0 Å². The van der Waals surface area contributed by atoms with E-state index in [0.29, 0.717) is 5.56 Å². The third kappa shape index (κ3) is 3.17. The Morgan fingerprint density at radius 3 is 2.25 bits per heavy atom. The van der Waals surface area contributed by atoms with Crippen molar-refractivity contribution in [1.82, 2.24) is 0 Å². The van der Waals surface area contributed by atoms with Crippen LogP contribution in [0.4, 0.5) is 0 Å². The molecule has 0 aromatic heterocycles. The van der Waals surface area contributed by atoms with Gasteiger partial charge in [-0.05, 0) is 6.92 Å². The van der Waals surface area contributed by atoms with E-state index in [2.05, 4.69) is 0 Å². The second-order valence-corrected chi connectivity index (χ2v) is 4.93. The molecule has 1 fully saturated rings. The average Bonchev–Trinajstić information content (AvgIpc) is 2.47. The second-order valence-electron chi connectivity index (χ2n) is 4.93. The number of aliphatic hydroxyl groups is 4. The predicted molar refractivity (Wildman–Crippen MR) is 69.7 cm³/mol. The zero-order valence-electron chi connectivity index (χ0n) is 11.2. The van der Waals surface area contributed by atoms with Gasteiger partial charge in [-0.2, -0.15) is 0 Å². The van der Waals surface area contributed by atoms with E-state index in [0.717, 1.165) is 0 Å². The van der Waals surface area contributed by atoms with Gasteiger partial charge in [0.15, 0.2) is 6.29 Å². The maximum absolute atomic E-state index is 10.1. The molecule has 6 atom stereocenters. The minimum Gasteiger partial charge on any atom is -0.394 e. The van der Waals surface area contributed by atoms with Crippen LogP contribution in [0.3, 0.4) is 0 Å². The SMILES string of the molecule is CC(O)C1OC(c2ccccc2)OC(C(O)CO)C1O. The molecule has 0 bridgehead atoms. The summed E-state index contributed by atoms with van der Waals surface area (Å²) in [6.45, 7) is 0.944. The third-order valence-electron chi connectivity index (χ3n) is 3.35. The van der Waals surface area contributed by atoms with Gasteiger partial charge in [-0.15, -0.1) is 0 Å². The Morgan fingerprint density at radius 1 is 1.10 bits per heavy atom. The number of hydrogen-bond donors (Lipinski definition) is 4. The quantitative estimate of drug-likeness (QED) is 0.598. The number of hydrogen-bond acceptors (Lipinski definition) is 6. The van der Waals surface area contributed by atoms with E-state index in [1.165, 1.54) is 6.92 Å². The van der Waals surface area contributed by atoms with Gasteiger partial charge in [0.1, 0.15) is 24.4 Å². The standard InChI is InChI=1S/C14H20O6/c1-8(16)12-11(18)13(10(17)7-15)20-14(19-12)9-5-3-2-4-6-9/h2-6,8,10-18H,7H2,1H3. The maximum Gasteiger partial charge on any atom is 0.184 e. The Balaban J connectivity index is 2.23. The third-order valence-corrected chi connectivity index (χ3v) is 3.35. The first-order valence-corrected chi connectivity index (χ1v) is 6.55. The highest BCUT2D eigenvalue weighted by molar-refractivity contribution is 5.16. The van der Waals surface area contributed by atoms with Crippen molar-refractivity contribution in [2.45, 2.75) is 43.7 Å². The topological polar surface area (TPSA) is 99.4 Å². The average molecular weight is 284 g/mol. The monoisotopic (exact) mass is 284 g/mol. The van der Waals surface area contributed by atoms with Gasteiger partial charge in [0.05, 0.1) is 12.7 Å². The van der Waals surface area contributed by atoms with Crippen LogP contribution in [-0.2, 0) is 9.47 Å². The highest BCUT2D eigenvalue weighted by Crippen LogP contribution is 2.32. The molecule has 6 heteroatoms. The van der Waals surface area contributed by atoms with Gasteiger partial charge < -0.3 is 29.9 Å². The molecular formula is C14H20O6. The predicted octanol–water partition coefficient (Wildman–Crippen LogP) is -0.436. The molecule has 1 aromatic carbocycles. The van der Waals surface area contributed by atoms with Crippen LogP contribution in [0.1, 0.15) is 18.8 Å². The molecule has 0 amide bonds. The molecule has 0 saturated carbocycles. The Hall–Kier alpha value is -1.02. The molecule has 6 nitrogen and oxygen atoms in total. The van der Waals surface area contributed by atoms with Crippen molar-refractivity contribution in [2.24, 2.45) is 0 Å². The lowest BCUT2D eigenvalue weighted by Gasteiger charge is -2.42. The Bertz CT molecular complexity index is 409. The lowest BCUT2D eigenvalue weighted by Crippen LogP contribution is -2.56. The van der Waals surface area contributed by atoms with E-state index in [-0.39, 0.29) is 0 Å². The summed E-state index contributed by atoms with van der Waals surface area (Å²) in [6.07, 6.45) is -6.16. The molecule has 1 saturated heterocycles. The van der Waals surface area contributed by atoms with Crippen molar-refractivity contribution in [3.63, 3.8) is 0 Å². The Labute approximate surface area is 117 Å². The van der Waals surface area contributed by atoms with Crippen molar-refractivity contribution in [3.05, 3.63) is 35.9 Å². The van der Waals surface area contributed by atoms with Crippen molar-refractivity contribution >= 4 is 0 Å². The number of aliphatic hydroxyl groups excluding tert-OH is 4. The van der Waals surface area contributed by atoms with Gasteiger partial charge in [0.25, 0.3) is 0 Å². The molecule has 0 aliphatic carbocycles. The fourth-order valence-electron chi connectivity index (χ4n) is 2.25. The molecule has 1 heterocycles. The van der Waals surface area contributed by atoms with Crippen molar-refractivity contribution in [3.8, 4) is 0 Å². The first-order valence-electron chi connectivity index (χ1n) is 6.55. The summed E-state index contributed by atoms with van der Waals surface area (Å²) in [5.74, 6) is 0. The van der Waals surface area contributed by atoms with E-state index in [1.807, 2.05) is 18.2 Å². The lowest BCUT2D eigenvalue weighted by atomic mass is 9.98. The first kappa shape index (κ1) is 15.4. The molecule has 1 aromatic rings. The molecule has 6 unspecified atom stereocenters. The summed E-state index contributed by atoms with van der Waals surface area (Å²) < 4.78 is 11.1. The molecule has 1 aliphatic rings. The van der Waals surface area contributed by atoms with Crippen LogP contribution < -0.4 is 0 Å². The molecule has 112 valence electrons. The zero-order valence-corrected chi connectivity index (χ0v) is 11.2. The molecule has 0 radical (unpaired) electrons. The van der Waals surface area contributed by atoms with Crippen LogP contribution >= 0.6 is 0 Å². The van der Waals surface area contributed by atoms with Gasteiger partial charge >= 0.3 is 0 Å². The fourth-order valence-corrected chi connectivity index (χ4v) is 2.25. The summed E-state index contributed by atoms with van der Waals surface area (Å²) in [7, 11) is 0. The van der Waals surface area contributed by atoms with Crippen LogP contribution in [0.2, 0.25) is 0 Å². The van der Waals surface area contributed by atoms with Gasteiger partial charge in [-0.3, -0.25) is 0 Å². The molecule has 1 aliphatic heterocycles. The Kier molecular flexibility index (Phi) is 5.09. The summed E-state index contributed by atoms with van der Waals surface area (Å²) in [5, 5.41) is 38.6. The smallest absolute Gasteiger partial charge is 0.184 e. The summed E-state index contributed by atoms with van der Waals surface area (Å²) in [5.41, 5.74) is 0.709. The van der Waals surface area contributed by atoms with E-state index in [9.17, 15) is 15.3 Å². The molecule has 2 rings (SSSR count). The molecular weight excluding hydrogens is 264 g/mol. The minimum atomic E-state index is -1.25. The lowest BCUT2D eigenvalue weighted by molar-refractivity contribution is -0.318. The molecule has 4 N–H and O–H groups in total. The van der Waals surface area contributed by atoms with E-state index < -0.39 is 43.4 Å². The summed E-state index contributed by atoms with van der Waals surface area (Å²) in [6, 6.07) is 9.02. The Morgan fingerprint density at radius 2 is 1.70 bits per heavy atom. The number of ether oxygens (including phenoxy) is 2. The van der Waals surface area contributed by atoms with Crippen LogP contribution in [0.5, 0.6) is 0 Å². The van der Waals surface area contributed by atoms with Crippen molar-refractivity contribution < 1.29 is 29.9 Å². The van der Waals surface area contributed by atoms with Crippen LogP contribution in [-0.4, -0.2) is 57.6 Å². The minimum absolute atomic E-state index is 0.546. The highest BCUT2D eigenvalue weighted by atomic mass is 16.7. The van der Waals surface area contributed by atoms with Gasteiger partial charge in [0.2, 0.25) is 0 Å². The summed E-state index contributed by atoms with van der Waals surface area (Å²) in [4.78, 5) is 0. The van der Waals surface area contributed by atoms with Crippen molar-refractivity contribution in [1.29, 1.82) is 0 Å². The normalized spacial score (nSPS) is 33.6. The molecule has 20 heavy (non-hydrogen) atoms. The van der Waals surface area contributed by atoms with Crippen molar-refractivity contribution in [2.75, 3.05) is 6.61 Å². The first-order chi connectivity index (χ1) is 9.54. The molecule has 0 spiro atoms. The largest absolute Gasteiger partial charge is 0.394 e. The van der Waals surface area contributed by atoms with E-state index in [1.54, 1.807) is 12.1 Å². The van der Waals surface area contributed by atoms with E-state index in [4.69, 9.17) is 14.6 Å². The fraction of sp³-hybridized carbons (Fsp3) is 0.571. The number of rotatable bonds is 4. The maximum atomic E-state index is 10.1. The van der Waals surface area contributed by atoms with Gasteiger partial charge in [0, 0.05) is 5.56 Å². The van der Waals surface area contributed by atoms with E-state index >= 15 is 0 Å². The van der Waals surface area contributed by atoms with Crippen LogP contribution in [0.15, 0.2) is 30.3 Å². The van der Waals surface area contributed by atoms with Crippen LogP contribution in [0, 0.1) is 0 Å². The zero-order chi connectivity index (χ0) is 14.7. The second kappa shape index (κ2) is 6.62. The van der Waals surface area contributed by atoms with Gasteiger partial charge in [-0.1, -0.05) is 30.3 Å².